The van der Waals surface area contributed by atoms with E-state index in [1.54, 1.807) is 24.5 Å². The van der Waals surface area contributed by atoms with Crippen LogP contribution in [0.2, 0.25) is 0 Å². The average molecular weight is 253 g/mol. The van der Waals surface area contributed by atoms with Gasteiger partial charge >= 0.3 is 0 Å². The van der Waals surface area contributed by atoms with Crippen LogP contribution < -0.4 is 4.74 Å². The van der Waals surface area contributed by atoms with Crippen molar-refractivity contribution in [1.82, 2.24) is 15.0 Å². The Balaban J connectivity index is 2.24. The number of ether oxygens (including phenoxy) is 1. The smallest absolute Gasteiger partial charge is 0.217 e. The van der Waals surface area contributed by atoms with Crippen molar-refractivity contribution in [3.63, 3.8) is 0 Å². The van der Waals surface area contributed by atoms with Gasteiger partial charge in [0.15, 0.2) is 9.50 Å². The van der Waals surface area contributed by atoms with Crippen LogP contribution in [0.5, 0.6) is 5.88 Å². The quantitative estimate of drug-likeness (QED) is 0.787. The van der Waals surface area contributed by atoms with Crippen LogP contribution in [0.1, 0.15) is 11.4 Å². The second-order valence-electron chi connectivity index (χ2n) is 3.19. The van der Waals surface area contributed by atoms with E-state index in [1.165, 1.54) is 11.8 Å². The second kappa shape index (κ2) is 4.80. The first-order chi connectivity index (χ1) is 7.67. The Labute approximate surface area is 102 Å². The molecule has 0 saturated heterocycles. The van der Waals surface area contributed by atoms with Crippen LogP contribution in [0.3, 0.4) is 0 Å². The summed E-state index contributed by atoms with van der Waals surface area (Å²) < 4.78 is 6.05. The highest BCUT2D eigenvalue weighted by molar-refractivity contribution is 8.00. The number of hydrogen-bond acceptors (Lipinski definition) is 6. The minimum absolute atomic E-state index is 0.586. The summed E-state index contributed by atoms with van der Waals surface area (Å²) in [6.07, 6.45) is 0. The van der Waals surface area contributed by atoms with Crippen LogP contribution in [-0.4, -0.2) is 22.1 Å². The maximum atomic E-state index is 5.10. The first-order valence-electron chi connectivity index (χ1n) is 4.67. The Morgan fingerprint density at radius 1 is 1.19 bits per heavy atom. The van der Waals surface area contributed by atoms with Crippen molar-refractivity contribution in [2.24, 2.45) is 0 Å². The molecule has 0 saturated carbocycles. The van der Waals surface area contributed by atoms with E-state index >= 15 is 0 Å². The van der Waals surface area contributed by atoms with E-state index in [4.69, 9.17) is 4.74 Å². The third kappa shape index (κ3) is 2.70. The predicted octanol–water partition coefficient (Wildman–Crippen LogP) is 2.71. The Kier molecular flexibility index (Phi) is 3.40. The number of nitrogens with zero attached hydrogens (tertiary/aromatic N) is 3. The molecular weight excluding hydrogens is 242 g/mol. The molecule has 0 amide bonds. The fourth-order valence-corrected chi connectivity index (χ4v) is 2.87. The molecule has 0 aliphatic carbocycles. The van der Waals surface area contributed by atoms with Gasteiger partial charge in [0.05, 0.1) is 7.11 Å². The lowest BCUT2D eigenvalue weighted by Gasteiger charge is -2.02. The van der Waals surface area contributed by atoms with Crippen LogP contribution >= 0.6 is 23.1 Å². The molecule has 6 heteroatoms. The van der Waals surface area contributed by atoms with Gasteiger partial charge in [0.25, 0.3) is 0 Å². The maximum absolute atomic E-state index is 5.10. The van der Waals surface area contributed by atoms with Gasteiger partial charge in [-0.2, -0.15) is 4.98 Å². The summed E-state index contributed by atoms with van der Waals surface area (Å²) in [5.41, 5.74) is 1.91. The van der Waals surface area contributed by atoms with Crippen molar-refractivity contribution in [3.05, 3.63) is 22.8 Å². The van der Waals surface area contributed by atoms with E-state index in [9.17, 15) is 0 Å². The van der Waals surface area contributed by atoms with Crippen molar-refractivity contribution >= 4 is 23.1 Å². The molecule has 0 aliphatic rings. The number of methoxy groups -OCH3 is 1. The first kappa shape index (κ1) is 11.3. The van der Waals surface area contributed by atoms with Crippen LogP contribution in [0.25, 0.3) is 0 Å². The van der Waals surface area contributed by atoms with E-state index in [0.717, 1.165) is 15.7 Å². The molecule has 16 heavy (non-hydrogen) atoms. The van der Waals surface area contributed by atoms with Gasteiger partial charge in [0.1, 0.15) is 0 Å². The molecule has 2 rings (SSSR count). The Bertz CT molecular complexity index is 499. The predicted molar refractivity (Wildman–Crippen MR) is 64.3 cm³/mol. The molecule has 4 nitrogen and oxygen atoms in total. The molecule has 0 N–H and O–H groups in total. The summed E-state index contributed by atoms with van der Waals surface area (Å²) in [5.74, 6) is 0.586. The average Bonchev–Trinajstić information content (AvgIpc) is 2.63. The largest absolute Gasteiger partial charge is 0.481 e. The summed E-state index contributed by atoms with van der Waals surface area (Å²) in [6, 6.07) is 1.80. The van der Waals surface area contributed by atoms with Gasteiger partial charge in [0.2, 0.25) is 5.88 Å². The SMILES string of the molecule is COc1cc(C)nc(Sc2nc(C)cs2)n1. The van der Waals surface area contributed by atoms with Crippen LogP contribution in [0.15, 0.2) is 20.9 Å². The molecule has 0 aromatic carbocycles. The van der Waals surface area contributed by atoms with E-state index in [1.807, 2.05) is 19.2 Å². The summed E-state index contributed by atoms with van der Waals surface area (Å²) in [6.45, 7) is 3.89. The fourth-order valence-electron chi connectivity index (χ4n) is 1.12. The second-order valence-corrected chi connectivity index (χ2v) is 5.26. The number of hydrogen-bond donors (Lipinski definition) is 0. The highest BCUT2D eigenvalue weighted by atomic mass is 32.2. The third-order valence-corrected chi connectivity index (χ3v) is 3.72. The van der Waals surface area contributed by atoms with E-state index < -0.39 is 0 Å². The Hall–Kier alpha value is -1.14. The van der Waals surface area contributed by atoms with E-state index in [0.29, 0.717) is 11.0 Å². The zero-order valence-electron chi connectivity index (χ0n) is 9.22. The molecule has 0 fully saturated rings. The molecule has 2 aromatic heterocycles. The molecular formula is C10H11N3OS2. The fraction of sp³-hybridized carbons (Fsp3) is 0.300. The third-order valence-electron chi connectivity index (χ3n) is 1.80. The van der Waals surface area contributed by atoms with Gasteiger partial charge in [-0.15, -0.1) is 11.3 Å². The van der Waals surface area contributed by atoms with Crippen LogP contribution in [-0.2, 0) is 0 Å². The van der Waals surface area contributed by atoms with Crippen molar-refractivity contribution in [2.75, 3.05) is 7.11 Å². The topological polar surface area (TPSA) is 47.9 Å². The van der Waals surface area contributed by atoms with E-state index in [-0.39, 0.29) is 0 Å². The summed E-state index contributed by atoms with van der Waals surface area (Å²) in [7, 11) is 1.60. The molecule has 2 heterocycles. The summed E-state index contributed by atoms with van der Waals surface area (Å²) >= 11 is 3.05. The van der Waals surface area contributed by atoms with Crippen LogP contribution in [0, 0.1) is 13.8 Å². The monoisotopic (exact) mass is 253 g/mol. The lowest BCUT2D eigenvalue weighted by atomic mass is 10.4. The number of thiazole rings is 1. The van der Waals surface area contributed by atoms with Gasteiger partial charge in [-0.1, -0.05) is 0 Å². The summed E-state index contributed by atoms with van der Waals surface area (Å²) in [5, 5.41) is 2.68. The van der Waals surface area contributed by atoms with Gasteiger partial charge in [-0.05, 0) is 25.6 Å². The van der Waals surface area contributed by atoms with Gasteiger partial charge in [-0.25, -0.2) is 9.97 Å². The first-order valence-corrected chi connectivity index (χ1v) is 6.36. The van der Waals surface area contributed by atoms with Crippen molar-refractivity contribution in [1.29, 1.82) is 0 Å². The minimum Gasteiger partial charge on any atom is -0.481 e. The van der Waals surface area contributed by atoms with Gasteiger partial charge < -0.3 is 4.74 Å². The highest BCUT2D eigenvalue weighted by Crippen LogP contribution is 2.28. The lowest BCUT2D eigenvalue weighted by molar-refractivity contribution is 0.391. The molecule has 84 valence electrons. The number of rotatable bonds is 3. The standard InChI is InChI=1S/C10H11N3OS2/c1-6-4-8(14-3)13-9(11-6)16-10-12-7(2)5-15-10/h4-5H,1-3H3. The Morgan fingerprint density at radius 3 is 2.62 bits per heavy atom. The lowest BCUT2D eigenvalue weighted by Crippen LogP contribution is -1.94. The van der Waals surface area contributed by atoms with Crippen molar-refractivity contribution in [2.45, 2.75) is 23.3 Å². The zero-order valence-corrected chi connectivity index (χ0v) is 10.9. The number of aromatic nitrogens is 3. The zero-order chi connectivity index (χ0) is 11.5. The highest BCUT2D eigenvalue weighted by Gasteiger charge is 2.07. The molecule has 2 aromatic rings. The van der Waals surface area contributed by atoms with Crippen molar-refractivity contribution < 1.29 is 4.74 Å². The van der Waals surface area contributed by atoms with Crippen molar-refractivity contribution in [3.8, 4) is 5.88 Å². The minimum atomic E-state index is 0.586. The molecule has 0 spiro atoms. The molecule has 0 bridgehead atoms. The maximum Gasteiger partial charge on any atom is 0.217 e. The Morgan fingerprint density at radius 2 is 2.00 bits per heavy atom. The number of aryl methyl sites for hydroxylation is 2. The van der Waals surface area contributed by atoms with Gasteiger partial charge in [-0.3, -0.25) is 0 Å². The normalized spacial score (nSPS) is 10.4. The van der Waals surface area contributed by atoms with Crippen LogP contribution in [0.4, 0.5) is 0 Å². The molecule has 0 unspecified atom stereocenters. The van der Waals surface area contributed by atoms with Gasteiger partial charge in [0, 0.05) is 22.8 Å². The van der Waals surface area contributed by atoms with E-state index in [2.05, 4.69) is 15.0 Å². The molecule has 0 atom stereocenters. The molecule has 0 aliphatic heterocycles. The summed E-state index contributed by atoms with van der Waals surface area (Å²) in [4.78, 5) is 12.9. The molecule has 0 radical (unpaired) electrons.